The van der Waals surface area contributed by atoms with Crippen LogP contribution in [-0.4, -0.2) is 50.6 Å². The number of sulfonamides is 1. The molecule has 0 spiro atoms. The molecule has 1 atom stereocenters. The molecule has 0 N–H and O–H groups in total. The van der Waals surface area contributed by atoms with E-state index in [1.54, 1.807) is 47.7 Å². The number of ether oxygens (including phenoxy) is 1. The predicted molar refractivity (Wildman–Crippen MR) is 90.6 cm³/mol. The van der Waals surface area contributed by atoms with Crippen LogP contribution in [-0.2, 0) is 16.6 Å². The average Bonchev–Trinajstić information content (AvgIpc) is 3.16. The minimum Gasteiger partial charge on any atom is -0.461 e. The number of aromatic nitrogens is 5. The summed E-state index contributed by atoms with van der Waals surface area (Å²) in [6.07, 6.45) is 7.72. The molecule has 26 heavy (non-hydrogen) atoms. The van der Waals surface area contributed by atoms with Gasteiger partial charge in [-0.1, -0.05) is 0 Å². The minimum atomic E-state index is -3.66. The van der Waals surface area contributed by atoms with Crippen LogP contribution < -0.4 is 4.74 Å². The van der Waals surface area contributed by atoms with Crippen molar-refractivity contribution in [1.29, 1.82) is 0 Å². The summed E-state index contributed by atoms with van der Waals surface area (Å²) < 4.78 is 34.7. The topological polar surface area (TPSA) is 103 Å². The number of pyridine rings is 1. The molecular formula is C16H16N6O3S. The third-order valence-electron chi connectivity index (χ3n) is 4.07. The van der Waals surface area contributed by atoms with Gasteiger partial charge in [0.2, 0.25) is 10.0 Å². The van der Waals surface area contributed by atoms with Crippen LogP contribution in [0.5, 0.6) is 6.01 Å². The molecule has 0 aromatic carbocycles. The smallest absolute Gasteiger partial charge is 0.316 e. The minimum absolute atomic E-state index is 0.166. The Morgan fingerprint density at radius 2 is 1.96 bits per heavy atom. The second-order valence-electron chi connectivity index (χ2n) is 5.75. The lowest BCUT2D eigenvalue weighted by Gasteiger charge is -2.32. The van der Waals surface area contributed by atoms with Gasteiger partial charge in [0.15, 0.2) is 0 Å². The third-order valence-corrected chi connectivity index (χ3v) is 5.87. The van der Waals surface area contributed by atoms with E-state index < -0.39 is 10.0 Å². The normalized spacial score (nSPS) is 17.6. The maximum Gasteiger partial charge on any atom is 0.316 e. The van der Waals surface area contributed by atoms with E-state index in [4.69, 9.17) is 4.74 Å². The van der Waals surface area contributed by atoms with Crippen LogP contribution >= 0.6 is 0 Å². The van der Waals surface area contributed by atoms with Crippen molar-refractivity contribution < 1.29 is 13.2 Å². The number of fused-ring (bicyclic) bond motifs is 1. The van der Waals surface area contributed by atoms with Crippen LogP contribution in [0.25, 0.3) is 0 Å². The molecule has 1 aliphatic rings. The standard InChI is InChI=1S/C16H16N6O3S/c23-26(24,15-3-1-5-17-9-15)21-10-13-4-8-20-22(13)14(11-21)12-25-16-18-6-2-7-19-16/h1-9,14H,10-12H2/t14-/m1/s1. The van der Waals surface area contributed by atoms with Gasteiger partial charge >= 0.3 is 6.01 Å². The Hall–Kier alpha value is -2.85. The molecule has 0 saturated carbocycles. The molecular weight excluding hydrogens is 356 g/mol. The van der Waals surface area contributed by atoms with E-state index >= 15 is 0 Å². The molecule has 134 valence electrons. The molecule has 3 aromatic heterocycles. The summed E-state index contributed by atoms with van der Waals surface area (Å²) in [5, 5.41) is 4.30. The molecule has 4 heterocycles. The van der Waals surface area contributed by atoms with Gasteiger partial charge in [-0.05, 0) is 24.3 Å². The summed E-state index contributed by atoms with van der Waals surface area (Å²) >= 11 is 0. The van der Waals surface area contributed by atoms with Crippen LogP contribution in [0.2, 0.25) is 0 Å². The first-order chi connectivity index (χ1) is 12.6. The van der Waals surface area contributed by atoms with Gasteiger partial charge in [-0.2, -0.15) is 9.40 Å². The molecule has 0 amide bonds. The van der Waals surface area contributed by atoms with Crippen molar-refractivity contribution in [3.63, 3.8) is 0 Å². The maximum atomic E-state index is 12.9. The van der Waals surface area contributed by atoms with Crippen LogP contribution in [0.15, 0.2) is 60.1 Å². The summed E-state index contributed by atoms with van der Waals surface area (Å²) in [5.74, 6) is 0. The third kappa shape index (κ3) is 3.16. The molecule has 9 nitrogen and oxygen atoms in total. The van der Waals surface area contributed by atoms with E-state index in [9.17, 15) is 8.42 Å². The first-order valence-corrected chi connectivity index (χ1v) is 9.41. The number of nitrogens with zero attached hydrogens (tertiary/aromatic N) is 6. The van der Waals surface area contributed by atoms with E-state index in [-0.39, 0.29) is 36.6 Å². The van der Waals surface area contributed by atoms with E-state index in [0.717, 1.165) is 5.69 Å². The first-order valence-electron chi connectivity index (χ1n) is 7.97. The lowest BCUT2D eigenvalue weighted by atomic mass is 10.2. The van der Waals surface area contributed by atoms with Gasteiger partial charge < -0.3 is 4.74 Å². The Bertz CT molecular complexity index is 977. The second-order valence-corrected chi connectivity index (χ2v) is 7.69. The van der Waals surface area contributed by atoms with Gasteiger partial charge in [-0.3, -0.25) is 9.67 Å². The Morgan fingerprint density at radius 1 is 1.12 bits per heavy atom. The molecule has 1 aliphatic heterocycles. The van der Waals surface area contributed by atoms with Gasteiger partial charge in [0, 0.05) is 37.5 Å². The Labute approximate surface area is 150 Å². The Balaban J connectivity index is 1.58. The van der Waals surface area contributed by atoms with Gasteiger partial charge in [0.05, 0.1) is 12.2 Å². The number of hydrogen-bond donors (Lipinski definition) is 0. The van der Waals surface area contributed by atoms with E-state index in [1.807, 2.05) is 0 Å². The molecule has 0 fully saturated rings. The lowest BCUT2D eigenvalue weighted by molar-refractivity contribution is 0.174. The van der Waals surface area contributed by atoms with E-state index in [0.29, 0.717) is 0 Å². The second kappa shape index (κ2) is 6.81. The van der Waals surface area contributed by atoms with Gasteiger partial charge in [-0.15, -0.1) is 0 Å². The van der Waals surface area contributed by atoms with Crippen molar-refractivity contribution >= 4 is 10.0 Å². The van der Waals surface area contributed by atoms with Crippen molar-refractivity contribution in [2.24, 2.45) is 0 Å². The molecule has 3 aromatic rings. The maximum absolute atomic E-state index is 12.9. The quantitative estimate of drug-likeness (QED) is 0.655. The molecule has 0 unspecified atom stereocenters. The fourth-order valence-electron chi connectivity index (χ4n) is 2.84. The van der Waals surface area contributed by atoms with Crippen molar-refractivity contribution in [2.45, 2.75) is 17.5 Å². The van der Waals surface area contributed by atoms with Crippen LogP contribution in [0.1, 0.15) is 11.7 Å². The molecule has 0 radical (unpaired) electrons. The van der Waals surface area contributed by atoms with Gasteiger partial charge in [0.1, 0.15) is 17.5 Å². The summed E-state index contributed by atoms with van der Waals surface area (Å²) in [7, 11) is -3.66. The molecule has 4 rings (SSSR count). The van der Waals surface area contributed by atoms with Crippen LogP contribution in [0.3, 0.4) is 0 Å². The Morgan fingerprint density at radius 3 is 2.73 bits per heavy atom. The SMILES string of the molecule is O=S(=O)(c1cccnc1)N1Cc2ccnn2[C@@H](COc2ncccn2)C1. The predicted octanol–water partition coefficient (Wildman–Crippen LogP) is 0.893. The summed E-state index contributed by atoms with van der Waals surface area (Å²) in [4.78, 5) is 12.1. The van der Waals surface area contributed by atoms with Crippen LogP contribution in [0, 0.1) is 0 Å². The molecule has 10 heteroatoms. The zero-order valence-corrected chi connectivity index (χ0v) is 14.5. The highest BCUT2D eigenvalue weighted by atomic mass is 32.2. The summed E-state index contributed by atoms with van der Waals surface area (Å²) in [6.45, 7) is 0.687. The molecule has 0 aliphatic carbocycles. The number of hydrogen-bond acceptors (Lipinski definition) is 7. The highest BCUT2D eigenvalue weighted by molar-refractivity contribution is 7.89. The zero-order chi connectivity index (χ0) is 18.0. The average molecular weight is 372 g/mol. The fourth-order valence-corrected chi connectivity index (χ4v) is 4.25. The molecule has 0 saturated heterocycles. The summed E-state index contributed by atoms with van der Waals surface area (Å²) in [6, 6.07) is 6.60. The van der Waals surface area contributed by atoms with Crippen molar-refractivity contribution in [1.82, 2.24) is 29.0 Å². The van der Waals surface area contributed by atoms with E-state index in [1.165, 1.54) is 16.6 Å². The van der Waals surface area contributed by atoms with E-state index in [2.05, 4.69) is 20.1 Å². The first kappa shape index (κ1) is 16.6. The van der Waals surface area contributed by atoms with Gasteiger partial charge in [0.25, 0.3) is 0 Å². The highest BCUT2D eigenvalue weighted by Crippen LogP contribution is 2.26. The lowest BCUT2D eigenvalue weighted by Crippen LogP contribution is -2.43. The largest absolute Gasteiger partial charge is 0.461 e. The number of rotatable bonds is 5. The van der Waals surface area contributed by atoms with Crippen molar-refractivity contribution in [3.05, 3.63) is 60.9 Å². The van der Waals surface area contributed by atoms with Crippen molar-refractivity contribution in [2.75, 3.05) is 13.2 Å². The highest BCUT2D eigenvalue weighted by Gasteiger charge is 2.34. The zero-order valence-electron chi connectivity index (χ0n) is 13.7. The van der Waals surface area contributed by atoms with Gasteiger partial charge in [-0.25, -0.2) is 18.4 Å². The van der Waals surface area contributed by atoms with Crippen molar-refractivity contribution in [3.8, 4) is 6.01 Å². The fraction of sp³-hybridized carbons (Fsp3) is 0.250. The summed E-state index contributed by atoms with van der Waals surface area (Å²) in [5.41, 5.74) is 0.797. The monoisotopic (exact) mass is 372 g/mol. The molecule has 0 bridgehead atoms. The Kier molecular flexibility index (Phi) is 4.35. The van der Waals surface area contributed by atoms with Crippen LogP contribution in [0.4, 0.5) is 0 Å².